The first-order valence-corrected chi connectivity index (χ1v) is 15.2. The van der Waals surface area contributed by atoms with Crippen molar-refractivity contribution in [2.75, 3.05) is 14.1 Å². The average Bonchev–Trinajstić information content (AvgIpc) is 2.91. The Balaban J connectivity index is 1.75. The molecule has 0 saturated heterocycles. The fourth-order valence-corrected chi connectivity index (χ4v) is 9.28. The third-order valence-corrected chi connectivity index (χ3v) is 11.0. The van der Waals surface area contributed by atoms with Gasteiger partial charge in [-0.05, 0) is 85.0 Å². The second kappa shape index (κ2) is 10.6. The molecule has 2 unspecified atom stereocenters. The van der Waals surface area contributed by atoms with E-state index in [1.54, 1.807) is 20.2 Å². The molecule has 3 saturated carbocycles. The molecule has 3 fully saturated rings. The van der Waals surface area contributed by atoms with E-state index >= 15 is 0 Å². The Kier molecular flexibility index (Phi) is 7.78. The van der Waals surface area contributed by atoms with Crippen LogP contribution in [0.15, 0.2) is 12.1 Å². The summed E-state index contributed by atoms with van der Waals surface area (Å²) in [5, 5.41) is 22.9. The van der Waals surface area contributed by atoms with Gasteiger partial charge in [0.1, 0.15) is 11.5 Å². The Labute approximate surface area is 251 Å². The van der Waals surface area contributed by atoms with Gasteiger partial charge in [0.05, 0.1) is 17.5 Å². The molecule has 8 atom stereocenters. The van der Waals surface area contributed by atoms with Gasteiger partial charge in [0.2, 0.25) is 5.91 Å². The molecule has 5 rings (SSSR count). The smallest absolute Gasteiger partial charge is 0.235 e. The minimum atomic E-state index is -2.90. The van der Waals surface area contributed by atoms with E-state index in [1.165, 1.54) is 11.0 Å². The van der Waals surface area contributed by atoms with Crippen molar-refractivity contribution in [1.29, 1.82) is 0 Å². The number of nitrogens with two attached hydrogens (primary N) is 1. The number of nitrogens with zero attached hydrogens (tertiary/aromatic N) is 1. The van der Waals surface area contributed by atoms with Gasteiger partial charge in [-0.3, -0.25) is 33.7 Å². The maximum Gasteiger partial charge on any atom is 0.235 e. The molecule has 4 aliphatic carbocycles. The molecule has 4 N–H and O–H groups in total. The summed E-state index contributed by atoms with van der Waals surface area (Å²) in [5.41, 5.74) is 3.05. The van der Waals surface area contributed by atoms with Gasteiger partial charge >= 0.3 is 0 Å². The molecular formula is C30H35IN2O8. The molecule has 1 aromatic rings. The number of aromatic hydroxyl groups is 1. The first-order chi connectivity index (χ1) is 19.2. The molecule has 10 nitrogen and oxygen atoms in total. The molecule has 0 spiro atoms. The molecule has 0 aliphatic heterocycles. The highest BCUT2D eigenvalue weighted by atomic mass is 127. The summed E-state index contributed by atoms with van der Waals surface area (Å²) in [4.78, 5) is 83.5. The zero-order chi connectivity index (χ0) is 30.1. The Morgan fingerprint density at radius 3 is 2.29 bits per heavy atom. The molecule has 0 bridgehead atoms. The van der Waals surface area contributed by atoms with Crippen LogP contribution in [0.2, 0.25) is 0 Å². The number of Topliss-reactive ketones (excluding diaryl/α,β-unsaturated/α-hetero) is 5. The van der Waals surface area contributed by atoms with Gasteiger partial charge in [0.15, 0.2) is 34.7 Å². The van der Waals surface area contributed by atoms with Crippen LogP contribution in [0.25, 0.3) is 0 Å². The minimum absolute atomic E-state index is 0.0478. The summed E-state index contributed by atoms with van der Waals surface area (Å²) >= 11 is 2.06. The van der Waals surface area contributed by atoms with Crippen LogP contribution in [0.1, 0.15) is 67.3 Å². The normalized spacial score (nSPS) is 35.6. The van der Waals surface area contributed by atoms with E-state index in [1.807, 2.05) is 6.92 Å². The topological polar surface area (TPSA) is 172 Å². The first kappa shape index (κ1) is 30.0. The maximum atomic E-state index is 14.3. The number of carbonyl (C=O) groups excluding carboxylic acids is 6. The van der Waals surface area contributed by atoms with Crippen LogP contribution in [0.3, 0.4) is 0 Å². The Morgan fingerprint density at radius 1 is 1.07 bits per heavy atom. The first-order valence-electron chi connectivity index (χ1n) is 14.1. The Bertz CT molecular complexity index is 1370. The molecule has 0 heterocycles. The maximum absolute atomic E-state index is 14.3. The number of fused-ring (bicyclic) bond motifs is 3. The molecule has 11 heteroatoms. The quantitative estimate of drug-likeness (QED) is 0.310. The number of carbonyl (C=O) groups is 6. The number of phenolic OH excluding ortho intramolecular Hbond substituents is 1. The highest BCUT2D eigenvalue weighted by Gasteiger charge is 2.73. The minimum Gasteiger partial charge on any atom is -0.507 e. The SMILES string of the molecule is C[C@H]1c2c(I)ccc(O)c2C(=O)C2C(=O)[C@]3(O)C(=O)C(C(N)=O)C(=O)[C@@H](N(C)C)[C@@H]3[C@@H](CC(=O)C3CCCCC3)[C@@H]21. The lowest BCUT2D eigenvalue weighted by Gasteiger charge is -2.57. The number of likely N-dealkylation sites (N-methyl/N-ethyl adjacent to an activating group) is 1. The predicted octanol–water partition coefficient (Wildman–Crippen LogP) is 1.80. The monoisotopic (exact) mass is 678 g/mol. The van der Waals surface area contributed by atoms with E-state index in [9.17, 15) is 39.0 Å². The van der Waals surface area contributed by atoms with Crippen LogP contribution >= 0.6 is 22.6 Å². The summed E-state index contributed by atoms with van der Waals surface area (Å²) < 4.78 is 0.689. The number of primary amides is 1. The number of ketones is 5. The van der Waals surface area contributed by atoms with Crippen LogP contribution in [0.5, 0.6) is 5.75 Å². The van der Waals surface area contributed by atoms with E-state index in [4.69, 9.17) is 5.73 Å². The summed E-state index contributed by atoms with van der Waals surface area (Å²) in [6.07, 6.45) is 4.09. The van der Waals surface area contributed by atoms with Crippen LogP contribution < -0.4 is 5.73 Å². The van der Waals surface area contributed by atoms with Gasteiger partial charge in [-0.1, -0.05) is 26.2 Å². The van der Waals surface area contributed by atoms with Crippen molar-refractivity contribution in [3.8, 4) is 5.75 Å². The number of aliphatic hydroxyl groups is 1. The molecule has 0 aromatic heterocycles. The van der Waals surface area contributed by atoms with E-state index < -0.39 is 76.2 Å². The van der Waals surface area contributed by atoms with Gasteiger partial charge in [0.25, 0.3) is 0 Å². The lowest BCUT2D eigenvalue weighted by Crippen LogP contribution is -2.76. The number of halogens is 1. The third kappa shape index (κ3) is 4.32. The third-order valence-electron chi connectivity index (χ3n) is 10.1. The van der Waals surface area contributed by atoms with Crippen LogP contribution in [0.4, 0.5) is 0 Å². The lowest BCUT2D eigenvalue weighted by molar-refractivity contribution is -0.190. The van der Waals surface area contributed by atoms with E-state index in [2.05, 4.69) is 22.6 Å². The highest BCUT2D eigenvalue weighted by molar-refractivity contribution is 14.1. The Hall–Kier alpha value is -2.51. The van der Waals surface area contributed by atoms with Crippen molar-refractivity contribution in [2.24, 2.45) is 41.2 Å². The fourth-order valence-electron chi connectivity index (χ4n) is 8.34. The number of amides is 1. The largest absolute Gasteiger partial charge is 0.507 e. The second-order valence-electron chi connectivity index (χ2n) is 12.4. The average molecular weight is 679 g/mol. The van der Waals surface area contributed by atoms with E-state index in [0.29, 0.717) is 22.0 Å². The molecule has 0 radical (unpaired) electrons. The number of rotatable bonds is 5. The van der Waals surface area contributed by atoms with Gasteiger partial charge in [-0.15, -0.1) is 0 Å². The summed E-state index contributed by atoms with van der Waals surface area (Å²) in [6.45, 7) is 1.81. The summed E-state index contributed by atoms with van der Waals surface area (Å²) in [6, 6.07) is 1.74. The number of phenols is 1. The van der Waals surface area contributed by atoms with Gasteiger partial charge in [-0.25, -0.2) is 0 Å². The predicted molar refractivity (Wildman–Crippen MR) is 154 cm³/mol. The van der Waals surface area contributed by atoms with Crippen LogP contribution in [-0.4, -0.2) is 75.7 Å². The van der Waals surface area contributed by atoms with E-state index in [0.717, 1.165) is 19.3 Å². The highest BCUT2D eigenvalue weighted by Crippen LogP contribution is 2.58. The number of hydrogen-bond donors (Lipinski definition) is 3. The number of hydrogen-bond acceptors (Lipinski definition) is 9. The van der Waals surface area contributed by atoms with Crippen molar-refractivity contribution >= 4 is 57.4 Å². The lowest BCUT2D eigenvalue weighted by atomic mass is 9.46. The van der Waals surface area contributed by atoms with Gasteiger partial charge < -0.3 is 15.9 Å². The molecule has 220 valence electrons. The van der Waals surface area contributed by atoms with Gasteiger partial charge in [0, 0.05) is 21.8 Å². The fraction of sp³-hybridized carbons (Fsp3) is 0.600. The zero-order valence-corrected chi connectivity index (χ0v) is 25.4. The van der Waals surface area contributed by atoms with Crippen LogP contribution in [-0.2, 0) is 24.0 Å². The molecule has 4 aliphatic rings. The summed E-state index contributed by atoms with van der Waals surface area (Å²) in [7, 11) is 3.08. The van der Waals surface area contributed by atoms with Crippen LogP contribution in [0, 0.1) is 39.1 Å². The van der Waals surface area contributed by atoms with Crippen molar-refractivity contribution in [1.82, 2.24) is 4.90 Å². The van der Waals surface area contributed by atoms with Crippen molar-refractivity contribution < 1.29 is 39.0 Å². The molecular weight excluding hydrogens is 643 g/mol. The second-order valence-corrected chi connectivity index (χ2v) is 13.6. The van der Waals surface area contributed by atoms with Gasteiger partial charge in [-0.2, -0.15) is 0 Å². The van der Waals surface area contributed by atoms with Crippen molar-refractivity contribution in [3.05, 3.63) is 26.8 Å². The van der Waals surface area contributed by atoms with Crippen molar-refractivity contribution in [3.63, 3.8) is 0 Å². The molecule has 41 heavy (non-hydrogen) atoms. The summed E-state index contributed by atoms with van der Waals surface area (Å²) in [5.74, 6) is -13.2. The van der Waals surface area contributed by atoms with E-state index in [-0.39, 0.29) is 29.4 Å². The van der Waals surface area contributed by atoms with Crippen molar-refractivity contribution in [2.45, 2.75) is 63.0 Å². The molecule has 1 aromatic carbocycles. The standard InChI is InChI=1S/C30H35IN2O8/c1-12-18-14(11-17(35)13-7-5-4-6-8-13)23-24(33(2)3)26(37)22(29(32)40)28(39)30(23,41)27(38)21(18)25(36)20-16(34)10-9-15(31)19(12)20/h9-10,12-14,18,21-24,34,41H,4-8,11H2,1-3H3,(H2,32,40)/t12-,14+,18+,21?,22?,23+,24+,30+/m1/s1. The number of benzene rings is 1. The zero-order valence-electron chi connectivity index (χ0n) is 23.3. The molecule has 1 amide bonds. The Morgan fingerprint density at radius 2 is 1.71 bits per heavy atom.